The zero-order chi connectivity index (χ0) is 14.4. The normalized spacial score (nSPS) is 12.1. The van der Waals surface area contributed by atoms with Crippen LogP contribution in [0.5, 0.6) is 0 Å². The van der Waals surface area contributed by atoms with Gasteiger partial charge in [0.15, 0.2) is 0 Å². The van der Waals surface area contributed by atoms with Crippen molar-refractivity contribution in [3.8, 4) is 0 Å². The number of hydrogen-bond donors (Lipinski definition) is 2. The highest BCUT2D eigenvalue weighted by Crippen LogP contribution is 2.16. The van der Waals surface area contributed by atoms with Crippen molar-refractivity contribution >= 4 is 17.5 Å². The Kier molecular flexibility index (Phi) is 5.55. The maximum atomic E-state index is 12.2. The van der Waals surface area contributed by atoms with Gasteiger partial charge >= 0.3 is 0 Å². The molecule has 0 unspecified atom stereocenters. The van der Waals surface area contributed by atoms with Gasteiger partial charge in [0, 0.05) is 12.6 Å². The van der Waals surface area contributed by atoms with E-state index in [9.17, 15) is 9.59 Å². The highest BCUT2D eigenvalue weighted by molar-refractivity contribution is 5.97. The highest BCUT2D eigenvalue weighted by atomic mass is 16.2. The predicted molar refractivity (Wildman–Crippen MR) is 76.9 cm³/mol. The third kappa shape index (κ3) is 4.39. The van der Waals surface area contributed by atoms with Crippen molar-refractivity contribution in [2.24, 2.45) is 5.92 Å². The lowest BCUT2D eigenvalue weighted by Crippen LogP contribution is -2.46. The van der Waals surface area contributed by atoms with Gasteiger partial charge in [0.05, 0.1) is 0 Å². The van der Waals surface area contributed by atoms with Crippen LogP contribution in [0, 0.1) is 5.92 Å². The van der Waals surface area contributed by atoms with E-state index >= 15 is 0 Å². The van der Waals surface area contributed by atoms with E-state index in [1.165, 1.54) is 6.92 Å². The van der Waals surface area contributed by atoms with Crippen molar-refractivity contribution in [2.45, 2.75) is 40.2 Å². The second kappa shape index (κ2) is 6.92. The first-order valence-electron chi connectivity index (χ1n) is 6.61. The minimum Gasteiger partial charge on any atom is -0.344 e. The Bertz CT molecular complexity index is 455. The lowest BCUT2D eigenvalue weighted by molar-refractivity contribution is -0.126. The second-order valence-corrected chi connectivity index (χ2v) is 4.92. The zero-order valence-electron chi connectivity index (χ0n) is 12.0. The average molecular weight is 262 g/mol. The van der Waals surface area contributed by atoms with Crippen molar-refractivity contribution in [2.75, 3.05) is 5.32 Å². The summed E-state index contributed by atoms with van der Waals surface area (Å²) in [6.07, 6.45) is 0.850. The molecule has 0 aliphatic carbocycles. The van der Waals surface area contributed by atoms with Gasteiger partial charge in [0.2, 0.25) is 11.8 Å². The van der Waals surface area contributed by atoms with Gasteiger partial charge < -0.3 is 10.6 Å². The Balaban J connectivity index is 2.84. The van der Waals surface area contributed by atoms with E-state index in [0.29, 0.717) is 0 Å². The minimum absolute atomic E-state index is 0.0395. The van der Waals surface area contributed by atoms with Gasteiger partial charge in [-0.25, -0.2) is 0 Å². The topological polar surface area (TPSA) is 58.2 Å². The molecule has 0 bridgehead atoms. The molecule has 2 amide bonds. The SMILES string of the molecule is CCc1ccccc1NC(=O)[C@@H](NC(C)=O)C(C)C. The summed E-state index contributed by atoms with van der Waals surface area (Å²) in [4.78, 5) is 23.4. The Morgan fingerprint density at radius 1 is 1.21 bits per heavy atom. The van der Waals surface area contributed by atoms with Crippen LogP contribution in [0.3, 0.4) is 0 Å². The molecule has 104 valence electrons. The van der Waals surface area contributed by atoms with Crippen LogP contribution in [-0.2, 0) is 16.0 Å². The fourth-order valence-electron chi connectivity index (χ4n) is 1.91. The van der Waals surface area contributed by atoms with Crippen LogP contribution >= 0.6 is 0 Å². The third-order valence-electron chi connectivity index (χ3n) is 2.96. The molecule has 0 spiro atoms. The number of benzene rings is 1. The standard InChI is InChI=1S/C15H22N2O2/c1-5-12-8-6-7-9-13(12)17-15(19)14(10(2)3)16-11(4)18/h6-10,14H,5H2,1-4H3,(H,16,18)(H,17,19)/t14-/m0/s1. The van der Waals surface area contributed by atoms with E-state index in [4.69, 9.17) is 0 Å². The summed E-state index contributed by atoms with van der Waals surface area (Å²) in [6.45, 7) is 7.28. The maximum absolute atomic E-state index is 12.2. The zero-order valence-corrected chi connectivity index (χ0v) is 12.0. The van der Waals surface area contributed by atoms with E-state index in [1.807, 2.05) is 45.0 Å². The fourth-order valence-corrected chi connectivity index (χ4v) is 1.91. The van der Waals surface area contributed by atoms with Gasteiger partial charge in [-0.1, -0.05) is 39.0 Å². The van der Waals surface area contributed by atoms with Crippen LogP contribution in [0.2, 0.25) is 0 Å². The van der Waals surface area contributed by atoms with Gasteiger partial charge in [0.25, 0.3) is 0 Å². The summed E-state index contributed by atoms with van der Waals surface area (Å²) < 4.78 is 0. The van der Waals surface area contributed by atoms with Gasteiger partial charge in [-0.15, -0.1) is 0 Å². The van der Waals surface area contributed by atoms with Crippen molar-refractivity contribution in [3.63, 3.8) is 0 Å². The van der Waals surface area contributed by atoms with Crippen LogP contribution < -0.4 is 10.6 Å². The molecule has 0 aliphatic rings. The number of aryl methyl sites for hydroxylation is 1. The molecule has 0 radical (unpaired) electrons. The van der Waals surface area contributed by atoms with Crippen molar-refractivity contribution in [1.82, 2.24) is 5.32 Å². The molecule has 0 heterocycles. The third-order valence-corrected chi connectivity index (χ3v) is 2.96. The van der Waals surface area contributed by atoms with Gasteiger partial charge in [-0.3, -0.25) is 9.59 Å². The molecule has 4 heteroatoms. The van der Waals surface area contributed by atoms with Gasteiger partial charge in [0.1, 0.15) is 6.04 Å². The predicted octanol–water partition coefficient (Wildman–Crippen LogP) is 2.35. The molecule has 0 fully saturated rings. The van der Waals surface area contributed by atoms with E-state index in [2.05, 4.69) is 10.6 Å². The molecular formula is C15H22N2O2. The Morgan fingerprint density at radius 3 is 2.37 bits per heavy atom. The Labute approximate surface area is 114 Å². The number of carbonyl (C=O) groups excluding carboxylic acids is 2. The molecule has 1 aromatic rings. The number of amides is 2. The number of para-hydroxylation sites is 1. The Hall–Kier alpha value is -1.84. The van der Waals surface area contributed by atoms with Crippen molar-refractivity contribution in [3.05, 3.63) is 29.8 Å². The fraction of sp³-hybridized carbons (Fsp3) is 0.467. The monoisotopic (exact) mass is 262 g/mol. The first-order chi connectivity index (χ1) is 8.95. The van der Waals surface area contributed by atoms with E-state index in [0.717, 1.165) is 17.7 Å². The smallest absolute Gasteiger partial charge is 0.247 e. The number of anilines is 1. The molecule has 19 heavy (non-hydrogen) atoms. The number of nitrogens with one attached hydrogen (secondary N) is 2. The molecule has 4 nitrogen and oxygen atoms in total. The van der Waals surface area contributed by atoms with Crippen LogP contribution in [-0.4, -0.2) is 17.9 Å². The minimum atomic E-state index is -0.512. The molecular weight excluding hydrogens is 240 g/mol. The molecule has 0 aromatic heterocycles. The first-order valence-corrected chi connectivity index (χ1v) is 6.61. The average Bonchev–Trinajstić information content (AvgIpc) is 2.36. The van der Waals surface area contributed by atoms with Crippen LogP contribution in [0.4, 0.5) is 5.69 Å². The van der Waals surface area contributed by atoms with E-state index in [-0.39, 0.29) is 17.7 Å². The summed E-state index contributed by atoms with van der Waals surface area (Å²) in [6, 6.07) is 7.18. The Morgan fingerprint density at radius 2 is 1.84 bits per heavy atom. The van der Waals surface area contributed by atoms with Crippen LogP contribution in [0.25, 0.3) is 0 Å². The quantitative estimate of drug-likeness (QED) is 0.855. The molecule has 2 N–H and O–H groups in total. The van der Waals surface area contributed by atoms with E-state index in [1.54, 1.807) is 0 Å². The molecule has 0 saturated carbocycles. The molecule has 0 saturated heterocycles. The lowest BCUT2D eigenvalue weighted by atomic mass is 10.0. The molecule has 0 aliphatic heterocycles. The van der Waals surface area contributed by atoms with Gasteiger partial charge in [-0.2, -0.15) is 0 Å². The first kappa shape index (κ1) is 15.2. The van der Waals surface area contributed by atoms with E-state index < -0.39 is 6.04 Å². The number of rotatable bonds is 5. The maximum Gasteiger partial charge on any atom is 0.247 e. The summed E-state index contributed by atoms with van der Waals surface area (Å²) in [5.41, 5.74) is 1.90. The summed E-state index contributed by atoms with van der Waals surface area (Å²) in [7, 11) is 0. The molecule has 1 aromatic carbocycles. The molecule has 1 rings (SSSR count). The van der Waals surface area contributed by atoms with Crippen LogP contribution in [0.15, 0.2) is 24.3 Å². The van der Waals surface area contributed by atoms with Gasteiger partial charge in [-0.05, 0) is 24.0 Å². The number of carbonyl (C=O) groups is 2. The second-order valence-electron chi connectivity index (χ2n) is 4.92. The molecule has 1 atom stereocenters. The summed E-state index contributed by atoms with van der Waals surface area (Å²) >= 11 is 0. The van der Waals surface area contributed by atoms with Crippen molar-refractivity contribution < 1.29 is 9.59 Å². The van der Waals surface area contributed by atoms with Crippen molar-refractivity contribution in [1.29, 1.82) is 0 Å². The lowest BCUT2D eigenvalue weighted by Gasteiger charge is -2.21. The number of hydrogen-bond acceptors (Lipinski definition) is 2. The summed E-state index contributed by atoms with van der Waals surface area (Å²) in [5.74, 6) is -0.332. The largest absolute Gasteiger partial charge is 0.344 e. The highest BCUT2D eigenvalue weighted by Gasteiger charge is 2.23. The summed E-state index contributed by atoms with van der Waals surface area (Å²) in [5, 5.41) is 5.58. The van der Waals surface area contributed by atoms with Crippen LogP contribution in [0.1, 0.15) is 33.3 Å².